The highest BCUT2D eigenvalue weighted by Gasteiger charge is 2.52. The fourth-order valence-corrected chi connectivity index (χ4v) is 2.17. The van der Waals surface area contributed by atoms with Crippen LogP contribution >= 0.6 is 0 Å². The number of benzene rings is 1. The van der Waals surface area contributed by atoms with Crippen molar-refractivity contribution in [2.45, 2.75) is 38.9 Å². The van der Waals surface area contributed by atoms with Crippen LogP contribution in [0.15, 0.2) is 34.9 Å². The van der Waals surface area contributed by atoms with Crippen LogP contribution in [-0.2, 0) is 9.31 Å². The molecule has 0 saturated carbocycles. The molecular weight excluding hydrogens is 227 g/mol. The van der Waals surface area contributed by atoms with Gasteiger partial charge in [0.2, 0.25) is 0 Å². The van der Waals surface area contributed by atoms with Gasteiger partial charge in [0.15, 0.2) is 0 Å². The van der Waals surface area contributed by atoms with E-state index in [0.717, 1.165) is 16.4 Å². The maximum absolute atomic E-state index is 6.05. The number of fused-ring (bicyclic) bond motifs is 1. The van der Waals surface area contributed by atoms with Gasteiger partial charge in [-0.05, 0) is 33.8 Å². The van der Waals surface area contributed by atoms with Crippen molar-refractivity contribution in [3.63, 3.8) is 0 Å². The molecule has 3 nitrogen and oxygen atoms in total. The first-order valence-corrected chi connectivity index (χ1v) is 6.22. The van der Waals surface area contributed by atoms with Gasteiger partial charge < -0.3 is 13.7 Å². The molecule has 0 amide bonds. The lowest BCUT2D eigenvalue weighted by Crippen LogP contribution is -2.41. The van der Waals surface area contributed by atoms with Crippen molar-refractivity contribution in [2.75, 3.05) is 0 Å². The second kappa shape index (κ2) is 3.62. The minimum absolute atomic E-state index is 0.327. The molecule has 94 valence electrons. The Balaban J connectivity index is 2.05. The maximum atomic E-state index is 6.05. The van der Waals surface area contributed by atoms with Crippen molar-refractivity contribution >= 4 is 23.6 Å². The minimum Gasteiger partial charge on any atom is -0.465 e. The van der Waals surface area contributed by atoms with Crippen LogP contribution in [0.3, 0.4) is 0 Å². The van der Waals surface area contributed by atoms with Crippen LogP contribution in [0.5, 0.6) is 0 Å². The Morgan fingerprint density at radius 2 is 1.61 bits per heavy atom. The summed E-state index contributed by atoms with van der Waals surface area (Å²) in [5.74, 6) is 0. The van der Waals surface area contributed by atoms with Crippen LogP contribution in [0.25, 0.3) is 11.0 Å². The summed E-state index contributed by atoms with van der Waals surface area (Å²) in [6.45, 7) is 8.20. The molecule has 0 atom stereocenters. The lowest BCUT2D eigenvalue weighted by atomic mass is 9.78. The molecule has 1 aliphatic heterocycles. The molecule has 1 aromatic heterocycles. The predicted octanol–water partition coefficient (Wildman–Crippen LogP) is 2.73. The van der Waals surface area contributed by atoms with Gasteiger partial charge in [0, 0.05) is 10.8 Å². The summed E-state index contributed by atoms with van der Waals surface area (Å²) >= 11 is 0. The van der Waals surface area contributed by atoms with E-state index in [9.17, 15) is 0 Å². The Morgan fingerprint density at radius 1 is 0.944 bits per heavy atom. The number of rotatable bonds is 1. The van der Waals surface area contributed by atoms with Crippen molar-refractivity contribution in [2.24, 2.45) is 0 Å². The van der Waals surface area contributed by atoms with E-state index < -0.39 is 0 Å². The van der Waals surface area contributed by atoms with Crippen molar-refractivity contribution in [3.8, 4) is 0 Å². The Hall–Kier alpha value is -1.26. The Labute approximate surface area is 107 Å². The Morgan fingerprint density at radius 3 is 2.28 bits per heavy atom. The summed E-state index contributed by atoms with van der Waals surface area (Å²) < 4.78 is 17.6. The van der Waals surface area contributed by atoms with E-state index in [1.165, 1.54) is 0 Å². The third kappa shape index (κ3) is 1.60. The van der Waals surface area contributed by atoms with Crippen LogP contribution in [-0.4, -0.2) is 18.3 Å². The summed E-state index contributed by atoms with van der Waals surface area (Å²) in [6, 6.07) is 7.96. The molecule has 2 heterocycles. The SMILES string of the molecule is CC1(C)OB(c2cccc3ccoc23)OC1(C)C. The van der Waals surface area contributed by atoms with Crippen molar-refractivity contribution < 1.29 is 13.7 Å². The average molecular weight is 244 g/mol. The molecule has 3 rings (SSSR count). The zero-order chi connectivity index (χ0) is 13.0. The highest BCUT2D eigenvalue weighted by molar-refractivity contribution is 6.64. The number of hydrogen-bond donors (Lipinski definition) is 0. The first-order chi connectivity index (χ1) is 8.41. The number of para-hydroxylation sites is 1. The third-order valence-electron chi connectivity index (χ3n) is 4.02. The van der Waals surface area contributed by atoms with Gasteiger partial charge >= 0.3 is 7.12 Å². The van der Waals surface area contributed by atoms with Gasteiger partial charge in [0.25, 0.3) is 0 Å². The summed E-state index contributed by atoms with van der Waals surface area (Å²) in [5, 5.41) is 1.07. The smallest absolute Gasteiger partial charge is 0.465 e. The third-order valence-corrected chi connectivity index (χ3v) is 4.02. The lowest BCUT2D eigenvalue weighted by Gasteiger charge is -2.32. The average Bonchev–Trinajstić information content (AvgIpc) is 2.81. The van der Waals surface area contributed by atoms with Crippen molar-refractivity contribution in [1.29, 1.82) is 0 Å². The molecule has 1 aliphatic rings. The van der Waals surface area contributed by atoms with Gasteiger partial charge in [-0.25, -0.2) is 0 Å². The molecule has 1 fully saturated rings. The zero-order valence-corrected chi connectivity index (χ0v) is 11.2. The van der Waals surface area contributed by atoms with Gasteiger partial charge in [0.05, 0.1) is 17.5 Å². The molecule has 0 spiro atoms. The van der Waals surface area contributed by atoms with Crippen LogP contribution in [0.4, 0.5) is 0 Å². The molecule has 0 bridgehead atoms. The van der Waals surface area contributed by atoms with E-state index in [1.54, 1.807) is 6.26 Å². The second-order valence-corrected chi connectivity index (χ2v) is 5.77. The fraction of sp³-hybridized carbons (Fsp3) is 0.429. The maximum Gasteiger partial charge on any atom is 0.498 e. The standard InChI is InChI=1S/C14H17BO3/c1-13(2)14(3,4)18-15(17-13)11-7-5-6-10-8-9-16-12(10)11/h5-9H,1-4H3. The van der Waals surface area contributed by atoms with Gasteiger partial charge in [-0.15, -0.1) is 0 Å². The molecule has 0 N–H and O–H groups in total. The van der Waals surface area contributed by atoms with Gasteiger partial charge in [-0.3, -0.25) is 0 Å². The summed E-state index contributed by atoms with van der Waals surface area (Å²) in [5.41, 5.74) is 1.14. The molecule has 1 aromatic carbocycles. The van der Waals surface area contributed by atoms with Gasteiger partial charge in [-0.2, -0.15) is 0 Å². The molecular formula is C14H17BO3. The highest BCUT2D eigenvalue weighted by atomic mass is 16.7. The molecule has 18 heavy (non-hydrogen) atoms. The van der Waals surface area contributed by atoms with Crippen LogP contribution in [0.1, 0.15) is 27.7 Å². The molecule has 2 aromatic rings. The molecule has 0 unspecified atom stereocenters. The van der Waals surface area contributed by atoms with E-state index in [0.29, 0.717) is 0 Å². The first-order valence-electron chi connectivity index (χ1n) is 6.22. The molecule has 1 saturated heterocycles. The summed E-state index contributed by atoms with van der Waals surface area (Å²) in [6.07, 6.45) is 1.69. The van der Waals surface area contributed by atoms with Crippen molar-refractivity contribution in [3.05, 3.63) is 30.5 Å². The van der Waals surface area contributed by atoms with E-state index in [2.05, 4.69) is 27.7 Å². The van der Waals surface area contributed by atoms with Crippen LogP contribution < -0.4 is 5.46 Å². The number of furan rings is 1. The second-order valence-electron chi connectivity index (χ2n) is 5.77. The Bertz CT molecular complexity index is 569. The van der Waals surface area contributed by atoms with E-state index in [-0.39, 0.29) is 18.3 Å². The quantitative estimate of drug-likeness (QED) is 0.723. The fourth-order valence-electron chi connectivity index (χ4n) is 2.17. The van der Waals surface area contributed by atoms with Crippen molar-refractivity contribution in [1.82, 2.24) is 0 Å². The zero-order valence-electron chi connectivity index (χ0n) is 11.2. The van der Waals surface area contributed by atoms with E-state index >= 15 is 0 Å². The number of hydrogen-bond acceptors (Lipinski definition) is 3. The molecule has 0 radical (unpaired) electrons. The predicted molar refractivity (Wildman–Crippen MR) is 71.9 cm³/mol. The minimum atomic E-state index is -0.371. The van der Waals surface area contributed by atoms with E-state index in [1.807, 2.05) is 24.3 Å². The largest absolute Gasteiger partial charge is 0.498 e. The normalized spacial score (nSPS) is 21.7. The van der Waals surface area contributed by atoms with Gasteiger partial charge in [-0.1, -0.05) is 18.2 Å². The summed E-state index contributed by atoms with van der Waals surface area (Å²) in [7, 11) is -0.371. The van der Waals surface area contributed by atoms with E-state index in [4.69, 9.17) is 13.7 Å². The van der Waals surface area contributed by atoms with Crippen LogP contribution in [0.2, 0.25) is 0 Å². The lowest BCUT2D eigenvalue weighted by molar-refractivity contribution is 0.00578. The monoisotopic (exact) mass is 244 g/mol. The Kier molecular flexibility index (Phi) is 2.38. The molecule has 0 aliphatic carbocycles. The highest BCUT2D eigenvalue weighted by Crippen LogP contribution is 2.37. The topological polar surface area (TPSA) is 31.6 Å². The first kappa shape index (κ1) is 11.8. The molecule has 4 heteroatoms. The van der Waals surface area contributed by atoms with Gasteiger partial charge in [0.1, 0.15) is 5.58 Å². The summed E-state index contributed by atoms with van der Waals surface area (Å²) in [4.78, 5) is 0. The van der Waals surface area contributed by atoms with Crippen LogP contribution in [0, 0.1) is 0 Å².